The van der Waals surface area contributed by atoms with E-state index in [0.717, 1.165) is 11.1 Å². The van der Waals surface area contributed by atoms with Crippen molar-refractivity contribution in [2.45, 2.75) is 18.9 Å². The van der Waals surface area contributed by atoms with Crippen LogP contribution in [0.1, 0.15) is 11.1 Å². The normalized spacial score (nSPS) is 17.2. The van der Waals surface area contributed by atoms with Crippen molar-refractivity contribution in [1.82, 2.24) is 4.90 Å². The Kier molecular flexibility index (Phi) is 5.06. The van der Waals surface area contributed by atoms with Gasteiger partial charge in [-0.05, 0) is 24.0 Å². The average molecular weight is 321 g/mol. The zero-order valence-corrected chi connectivity index (χ0v) is 13.3. The van der Waals surface area contributed by atoms with E-state index in [0.29, 0.717) is 12.8 Å². The Morgan fingerprint density at radius 1 is 1.04 bits per heavy atom. The number of imide groups is 1. The minimum atomic E-state index is -0.565. The van der Waals surface area contributed by atoms with Gasteiger partial charge in [0.1, 0.15) is 6.61 Å². The summed E-state index contributed by atoms with van der Waals surface area (Å²) in [4.78, 5) is 25.5. The van der Waals surface area contributed by atoms with Gasteiger partial charge < -0.3 is 4.74 Å². The van der Waals surface area contributed by atoms with Gasteiger partial charge in [-0.2, -0.15) is 0 Å². The van der Waals surface area contributed by atoms with Gasteiger partial charge in [0.25, 0.3) is 5.91 Å². The van der Waals surface area contributed by atoms with Crippen LogP contribution in [0.2, 0.25) is 0 Å². The minimum Gasteiger partial charge on any atom is -0.447 e. The lowest BCUT2D eigenvalue weighted by molar-refractivity contribution is -0.124. The van der Waals surface area contributed by atoms with Crippen molar-refractivity contribution in [2.24, 2.45) is 0 Å². The number of allylic oxidation sites excluding steroid dienone is 1. The zero-order chi connectivity index (χ0) is 16.8. The van der Waals surface area contributed by atoms with Crippen LogP contribution < -0.4 is 0 Å². The van der Waals surface area contributed by atoms with Crippen LogP contribution in [0.15, 0.2) is 72.8 Å². The molecule has 0 N–H and O–H groups in total. The van der Waals surface area contributed by atoms with Crippen LogP contribution in [0.5, 0.6) is 0 Å². The van der Waals surface area contributed by atoms with E-state index in [2.05, 4.69) is 0 Å². The summed E-state index contributed by atoms with van der Waals surface area (Å²) in [5.74, 6) is -0.325. The first-order chi connectivity index (χ1) is 11.7. The standard InChI is InChI=1S/C20H19NO3/c22-19(13-7-12-16-8-3-1-4-9-16)21-18(15-24-20(21)23)14-17-10-5-2-6-11-17/h1-11,13,18H,12,14-15H2/b13-7+/t18-/m0/s1. The predicted octanol–water partition coefficient (Wildman–Crippen LogP) is 3.38. The van der Waals surface area contributed by atoms with Gasteiger partial charge in [0, 0.05) is 6.08 Å². The molecule has 0 radical (unpaired) electrons. The summed E-state index contributed by atoms with van der Waals surface area (Å²) in [6, 6.07) is 19.4. The monoisotopic (exact) mass is 321 g/mol. The third kappa shape index (κ3) is 3.90. The Bertz CT molecular complexity index is 725. The van der Waals surface area contributed by atoms with Gasteiger partial charge in [0.05, 0.1) is 6.04 Å². The lowest BCUT2D eigenvalue weighted by Gasteiger charge is -2.18. The maximum atomic E-state index is 12.4. The fourth-order valence-electron chi connectivity index (χ4n) is 2.76. The molecule has 0 unspecified atom stereocenters. The second-order valence-electron chi connectivity index (χ2n) is 5.72. The fourth-order valence-corrected chi connectivity index (χ4v) is 2.76. The molecule has 0 aliphatic carbocycles. The van der Waals surface area contributed by atoms with E-state index in [1.807, 2.05) is 60.7 Å². The van der Waals surface area contributed by atoms with E-state index in [4.69, 9.17) is 4.74 Å². The molecule has 24 heavy (non-hydrogen) atoms. The van der Waals surface area contributed by atoms with Crippen LogP contribution in [0.3, 0.4) is 0 Å². The number of ether oxygens (including phenoxy) is 1. The quantitative estimate of drug-likeness (QED) is 0.793. The molecule has 2 aromatic rings. The molecule has 1 fully saturated rings. The number of benzene rings is 2. The van der Waals surface area contributed by atoms with Crippen molar-refractivity contribution in [3.8, 4) is 0 Å². The van der Waals surface area contributed by atoms with E-state index >= 15 is 0 Å². The van der Waals surface area contributed by atoms with Gasteiger partial charge in [-0.25, -0.2) is 9.69 Å². The maximum absolute atomic E-state index is 12.4. The number of hydrogen-bond donors (Lipinski definition) is 0. The molecule has 1 saturated heterocycles. The van der Waals surface area contributed by atoms with Crippen LogP contribution in [0.25, 0.3) is 0 Å². The lowest BCUT2D eigenvalue weighted by atomic mass is 10.1. The summed E-state index contributed by atoms with van der Waals surface area (Å²) in [5, 5.41) is 0. The van der Waals surface area contributed by atoms with Crippen molar-refractivity contribution in [1.29, 1.82) is 0 Å². The molecule has 1 aliphatic heterocycles. The molecule has 3 rings (SSSR count). The van der Waals surface area contributed by atoms with Crippen molar-refractivity contribution >= 4 is 12.0 Å². The van der Waals surface area contributed by atoms with E-state index < -0.39 is 6.09 Å². The average Bonchev–Trinajstić information content (AvgIpc) is 2.97. The molecule has 0 bridgehead atoms. The molecule has 2 amide bonds. The van der Waals surface area contributed by atoms with Gasteiger partial charge >= 0.3 is 6.09 Å². The largest absolute Gasteiger partial charge is 0.447 e. The molecular weight excluding hydrogens is 302 g/mol. The highest BCUT2D eigenvalue weighted by atomic mass is 16.6. The highest BCUT2D eigenvalue weighted by Gasteiger charge is 2.36. The first-order valence-corrected chi connectivity index (χ1v) is 7.98. The molecule has 1 heterocycles. The van der Waals surface area contributed by atoms with Gasteiger partial charge in [-0.1, -0.05) is 66.7 Å². The highest BCUT2D eigenvalue weighted by molar-refractivity contribution is 5.99. The number of rotatable bonds is 5. The SMILES string of the molecule is O=C(/C=C/Cc1ccccc1)N1C(=O)OC[C@@H]1Cc1ccccc1. The minimum absolute atomic E-state index is 0.242. The molecule has 1 atom stereocenters. The summed E-state index contributed by atoms with van der Waals surface area (Å²) >= 11 is 0. The van der Waals surface area contributed by atoms with Gasteiger partial charge in [0.2, 0.25) is 0 Å². The Morgan fingerprint density at radius 2 is 1.67 bits per heavy atom. The van der Waals surface area contributed by atoms with Crippen molar-refractivity contribution < 1.29 is 14.3 Å². The van der Waals surface area contributed by atoms with E-state index in [-0.39, 0.29) is 18.6 Å². The summed E-state index contributed by atoms with van der Waals surface area (Å²) in [7, 11) is 0. The number of amides is 2. The number of carbonyl (C=O) groups excluding carboxylic acids is 2. The molecule has 4 heteroatoms. The summed E-state index contributed by atoms with van der Waals surface area (Å²) in [6.45, 7) is 0.242. The summed E-state index contributed by atoms with van der Waals surface area (Å²) in [6.07, 6.45) is 3.93. The second-order valence-corrected chi connectivity index (χ2v) is 5.72. The first-order valence-electron chi connectivity index (χ1n) is 7.98. The molecule has 4 nitrogen and oxygen atoms in total. The van der Waals surface area contributed by atoms with Crippen LogP contribution in [-0.2, 0) is 22.4 Å². The highest BCUT2D eigenvalue weighted by Crippen LogP contribution is 2.18. The second kappa shape index (κ2) is 7.59. The molecule has 122 valence electrons. The number of hydrogen-bond acceptors (Lipinski definition) is 3. The summed E-state index contributed by atoms with van der Waals surface area (Å²) in [5.41, 5.74) is 2.19. The Morgan fingerprint density at radius 3 is 2.33 bits per heavy atom. The third-order valence-electron chi connectivity index (χ3n) is 3.97. The van der Waals surface area contributed by atoms with Gasteiger partial charge in [-0.15, -0.1) is 0 Å². The number of carbonyl (C=O) groups is 2. The van der Waals surface area contributed by atoms with Gasteiger partial charge in [0.15, 0.2) is 0 Å². The van der Waals surface area contributed by atoms with Crippen LogP contribution in [-0.4, -0.2) is 29.5 Å². The molecular formula is C20H19NO3. The molecule has 0 saturated carbocycles. The maximum Gasteiger partial charge on any atom is 0.417 e. The Balaban J connectivity index is 1.64. The molecule has 1 aliphatic rings. The third-order valence-corrected chi connectivity index (χ3v) is 3.97. The number of cyclic esters (lactones) is 1. The number of nitrogens with zero attached hydrogens (tertiary/aromatic N) is 1. The zero-order valence-electron chi connectivity index (χ0n) is 13.3. The topological polar surface area (TPSA) is 46.6 Å². The fraction of sp³-hybridized carbons (Fsp3) is 0.200. The summed E-state index contributed by atoms with van der Waals surface area (Å²) < 4.78 is 5.07. The Labute approximate surface area is 141 Å². The molecule has 2 aromatic carbocycles. The van der Waals surface area contributed by atoms with E-state index in [9.17, 15) is 9.59 Å². The first kappa shape index (κ1) is 16.0. The smallest absolute Gasteiger partial charge is 0.417 e. The van der Waals surface area contributed by atoms with E-state index in [1.165, 1.54) is 11.0 Å². The predicted molar refractivity (Wildman–Crippen MR) is 91.4 cm³/mol. The van der Waals surface area contributed by atoms with Gasteiger partial charge in [-0.3, -0.25) is 4.79 Å². The van der Waals surface area contributed by atoms with Crippen LogP contribution in [0, 0.1) is 0 Å². The molecule has 0 aromatic heterocycles. The lowest BCUT2D eigenvalue weighted by Crippen LogP contribution is -2.39. The molecule has 0 spiro atoms. The Hall–Kier alpha value is -2.88. The van der Waals surface area contributed by atoms with Crippen LogP contribution >= 0.6 is 0 Å². The van der Waals surface area contributed by atoms with Crippen LogP contribution in [0.4, 0.5) is 4.79 Å². The van der Waals surface area contributed by atoms with Crippen molar-refractivity contribution in [3.05, 3.63) is 83.9 Å². The van der Waals surface area contributed by atoms with Crippen molar-refractivity contribution in [2.75, 3.05) is 6.61 Å². The van der Waals surface area contributed by atoms with Crippen molar-refractivity contribution in [3.63, 3.8) is 0 Å². The van der Waals surface area contributed by atoms with E-state index in [1.54, 1.807) is 6.08 Å².